The first kappa shape index (κ1) is 10.9. The van der Waals surface area contributed by atoms with Crippen LogP contribution in [-0.2, 0) is 9.47 Å². The van der Waals surface area contributed by atoms with Crippen molar-refractivity contribution in [2.24, 2.45) is 5.41 Å². The normalized spacial score (nSPS) is 46.3. The van der Waals surface area contributed by atoms with Gasteiger partial charge in [-0.1, -0.05) is 0 Å². The summed E-state index contributed by atoms with van der Waals surface area (Å²) in [5.41, 5.74) is -1.82. The molecule has 2 rings (SSSR count). The molecule has 0 radical (unpaired) electrons. The standard InChI is InChI=1S/C11H17NO3/c1-9-11(13,4-6-15-9)10(7-12)3-2-5-14-8-10/h9,13H,2-6,8H2,1H3. The summed E-state index contributed by atoms with van der Waals surface area (Å²) in [6, 6.07) is 2.28. The number of ether oxygens (including phenoxy) is 2. The maximum Gasteiger partial charge on any atom is 0.113 e. The molecule has 2 heterocycles. The van der Waals surface area contributed by atoms with Gasteiger partial charge in [0.05, 0.1) is 18.8 Å². The second kappa shape index (κ2) is 3.75. The van der Waals surface area contributed by atoms with Crippen LogP contribution in [-0.4, -0.2) is 36.6 Å². The highest BCUT2D eigenvalue weighted by atomic mass is 16.5. The lowest BCUT2D eigenvalue weighted by Crippen LogP contribution is -2.56. The molecule has 2 aliphatic rings. The number of rotatable bonds is 1. The largest absolute Gasteiger partial charge is 0.385 e. The average molecular weight is 211 g/mol. The van der Waals surface area contributed by atoms with Crippen LogP contribution in [0.15, 0.2) is 0 Å². The molecule has 2 aliphatic heterocycles. The predicted molar refractivity (Wildman–Crippen MR) is 53.1 cm³/mol. The molecule has 15 heavy (non-hydrogen) atoms. The third-order valence-electron chi connectivity index (χ3n) is 3.81. The Kier molecular flexibility index (Phi) is 2.72. The Balaban J connectivity index is 2.28. The molecule has 0 saturated carbocycles. The van der Waals surface area contributed by atoms with Crippen molar-refractivity contribution in [1.29, 1.82) is 5.26 Å². The third-order valence-corrected chi connectivity index (χ3v) is 3.81. The summed E-state index contributed by atoms with van der Waals surface area (Å²) in [5.74, 6) is 0. The van der Waals surface area contributed by atoms with E-state index < -0.39 is 11.0 Å². The van der Waals surface area contributed by atoms with Crippen molar-refractivity contribution in [1.82, 2.24) is 0 Å². The van der Waals surface area contributed by atoms with Crippen molar-refractivity contribution in [3.8, 4) is 6.07 Å². The first-order valence-corrected chi connectivity index (χ1v) is 5.48. The molecule has 4 nitrogen and oxygen atoms in total. The van der Waals surface area contributed by atoms with Crippen LogP contribution in [0.1, 0.15) is 26.2 Å². The maximum absolute atomic E-state index is 10.6. The smallest absolute Gasteiger partial charge is 0.113 e. The van der Waals surface area contributed by atoms with E-state index in [1.54, 1.807) is 0 Å². The van der Waals surface area contributed by atoms with E-state index in [-0.39, 0.29) is 6.10 Å². The van der Waals surface area contributed by atoms with Gasteiger partial charge in [0.15, 0.2) is 0 Å². The second-order valence-corrected chi connectivity index (χ2v) is 4.54. The second-order valence-electron chi connectivity index (χ2n) is 4.54. The van der Waals surface area contributed by atoms with Crippen LogP contribution in [0.25, 0.3) is 0 Å². The number of hydrogen-bond donors (Lipinski definition) is 1. The topological polar surface area (TPSA) is 62.5 Å². The molecule has 1 N–H and O–H groups in total. The fraction of sp³-hybridized carbons (Fsp3) is 0.909. The van der Waals surface area contributed by atoms with Crippen molar-refractivity contribution in [3.63, 3.8) is 0 Å². The molecule has 84 valence electrons. The lowest BCUT2D eigenvalue weighted by molar-refractivity contribution is -0.143. The quantitative estimate of drug-likeness (QED) is 0.698. The van der Waals surface area contributed by atoms with E-state index in [0.717, 1.165) is 6.42 Å². The molecule has 3 atom stereocenters. The molecule has 0 amide bonds. The Morgan fingerprint density at radius 2 is 2.20 bits per heavy atom. The van der Waals surface area contributed by atoms with E-state index in [0.29, 0.717) is 32.7 Å². The highest BCUT2D eigenvalue weighted by molar-refractivity contribution is 5.16. The number of aliphatic hydroxyl groups is 1. The Labute approximate surface area is 89.8 Å². The summed E-state index contributed by atoms with van der Waals surface area (Å²) in [4.78, 5) is 0. The van der Waals surface area contributed by atoms with Crippen LogP contribution >= 0.6 is 0 Å². The van der Waals surface area contributed by atoms with E-state index in [2.05, 4.69) is 6.07 Å². The summed E-state index contributed by atoms with van der Waals surface area (Å²) in [6.45, 7) is 3.38. The molecular formula is C11H17NO3. The van der Waals surface area contributed by atoms with Crippen LogP contribution < -0.4 is 0 Å². The van der Waals surface area contributed by atoms with E-state index in [1.165, 1.54) is 0 Å². The Morgan fingerprint density at radius 1 is 1.40 bits per heavy atom. The van der Waals surface area contributed by atoms with Crippen LogP contribution in [0.5, 0.6) is 0 Å². The number of nitrogens with zero attached hydrogens (tertiary/aromatic N) is 1. The van der Waals surface area contributed by atoms with E-state index >= 15 is 0 Å². The van der Waals surface area contributed by atoms with Gasteiger partial charge in [-0.2, -0.15) is 5.26 Å². The Morgan fingerprint density at radius 3 is 2.67 bits per heavy atom. The minimum atomic E-state index is -1.04. The summed E-state index contributed by atoms with van der Waals surface area (Å²) in [5, 5.41) is 19.9. The van der Waals surface area contributed by atoms with Gasteiger partial charge in [-0.05, 0) is 19.8 Å². The molecule has 3 unspecified atom stereocenters. The van der Waals surface area contributed by atoms with E-state index in [1.807, 2.05) is 6.92 Å². The van der Waals surface area contributed by atoms with E-state index in [9.17, 15) is 10.4 Å². The average Bonchev–Trinajstić information content (AvgIpc) is 2.62. The fourth-order valence-corrected chi connectivity index (χ4v) is 2.68. The molecule has 0 spiro atoms. The minimum Gasteiger partial charge on any atom is -0.385 e. The summed E-state index contributed by atoms with van der Waals surface area (Å²) >= 11 is 0. The van der Waals surface area contributed by atoms with Crippen LogP contribution in [0, 0.1) is 16.7 Å². The molecule has 2 saturated heterocycles. The van der Waals surface area contributed by atoms with Gasteiger partial charge in [-0.25, -0.2) is 0 Å². The predicted octanol–water partition coefficient (Wildman–Crippen LogP) is 0.847. The minimum absolute atomic E-state index is 0.279. The maximum atomic E-state index is 10.6. The van der Waals surface area contributed by atoms with Gasteiger partial charge in [0.1, 0.15) is 11.0 Å². The molecule has 0 aromatic carbocycles. The van der Waals surface area contributed by atoms with Gasteiger partial charge in [0.25, 0.3) is 0 Å². The zero-order valence-corrected chi connectivity index (χ0v) is 9.03. The lowest BCUT2D eigenvalue weighted by atomic mass is 9.66. The molecule has 4 heteroatoms. The molecule has 2 fully saturated rings. The first-order chi connectivity index (χ1) is 7.15. The van der Waals surface area contributed by atoms with Crippen molar-refractivity contribution < 1.29 is 14.6 Å². The van der Waals surface area contributed by atoms with E-state index in [4.69, 9.17) is 9.47 Å². The Bertz CT molecular complexity index is 280. The number of nitriles is 1. The van der Waals surface area contributed by atoms with Crippen molar-refractivity contribution in [3.05, 3.63) is 0 Å². The van der Waals surface area contributed by atoms with Crippen LogP contribution in [0.2, 0.25) is 0 Å². The molecule has 0 bridgehead atoms. The van der Waals surface area contributed by atoms with Gasteiger partial charge in [-0.15, -0.1) is 0 Å². The molecule has 0 aliphatic carbocycles. The number of hydrogen-bond acceptors (Lipinski definition) is 4. The Hall–Kier alpha value is -0.630. The van der Waals surface area contributed by atoms with Crippen molar-refractivity contribution >= 4 is 0 Å². The summed E-state index contributed by atoms with van der Waals surface area (Å²) < 4.78 is 10.8. The van der Waals surface area contributed by atoms with Crippen LogP contribution in [0.3, 0.4) is 0 Å². The van der Waals surface area contributed by atoms with Gasteiger partial charge in [0, 0.05) is 19.6 Å². The molecule has 0 aromatic heterocycles. The molecular weight excluding hydrogens is 194 g/mol. The third kappa shape index (κ3) is 1.46. The molecule has 0 aromatic rings. The summed E-state index contributed by atoms with van der Waals surface area (Å²) in [6.07, 6.45) is 1.79. The fourth-order valence-electron chi connectivity index (χ4n) is 2.68. The van der Waals surface area contributed by atoms with Gasteiger partial charge >= 0.3 is 0 Å². The summed E-state index contributed by atoms with van der Waals surface area (Å²) in [7, 11) is 0. The monoisotopic (exact) mass is 211 g/mol. The van der Waals surface area contributed by atoms with Crippen LogP contribution in [0.4, 0.5) is 0 Å². The highest BCUT2D eigenvalue weighted by Gasteiger charge is 2.57. The zero-order valence-electron chi connectivity index (χ0n) is 9.03. The first-order valence-electron chi connectivity index (χ1n) is 5.48. The lowest BCUT2D eigenvalue weighted by Gasteiger charge is -2.43. The highest BCUT2D eigenvalue weighted by Crippen LogP contribution is 2.46. The van der Waals surface area contributed by atoms with Gasteiger partial charge in [0.2, 0.25) is 0 Å². The SMILES string of the molecule is CC1OCCC1(O)C1(C#N)CCCOC1. The van der Waals surface area contributed by atoms with Crippen molar-refractivity contribution in [2.45, 2.75) is 37.9 Å². The van der Waals surface area contributed by atoms with Gasteiger partial charge in [-0.3, -0.25) is 0 Å². The van der Waals surface area contributed by atoms with Crippen molar-refractivity contribution in [2.75, 3.05) is 19.8 Å². The van der Waals surface area contributed by atoms with Gasteiger partial charge < -0.3 is 14.6 Å². The zero-order chi connectivity index (χ0) is 10.9.